The van der Waals surface area contributed by atoms with Crippen LogP contribution in [0.3, 0.4) is 0 Å². The van der Waals surface area contributed by atoms with Crippen molar-refractivity contribution in [1.29, 1.82) is 0 Å². The minimum absolute atomic E-state index is 0.0167. The quantitative estimate of drug-likeness (QED) is 0.298. The number of carbonyl (C=O) groups excluding carboxylic acids is 1. The molecular formula is C23H26N4O4S. The summed E-state index contributed by atoms with van der Waals surface area (Å²) >= 11 is 5.31. The molecule has 1 aromatic carbocycles. The van der Waals surface area contributed by atoms with Crippen LogP contribution in [-0.4, -0.2) is 45.0 Å². The number of aromatic nitrogens is 3. The number of fused-ring (bicyclic) bond motifs is 1. The van der Waals surface area contributed by atoms with Crippen LogP contribution in [0, 0.1) is 4.77 Å². The van der Waals surface area contributed by atoms with Crippen LogP contribution in [0.15, 0.2) is 40.2 Å². The Hall–Kier alpha value is -3.20. The predicted octanol–water partition coefficient (Wildman–Crippen LogP) is 3.80. The molecule has 9 heteroatoms. The molecular weight excluding hydrogens is 428 g/mol. The van der Waals surface area contributed by atoms with Gasteiger partial charge in [-0.05, 0) is 36.7 Å². The molecule has 32 heavy (non-hydrogen) atoms. The van der Waals surface area contributed by atoms with Crippen molar-refractivity contribution in [3.05, 3.63) is 56.7 Å². The number of methoxy groups -OCH3 is 1. The molecule has 0 saturated heterocycles. The molecule has 0 bridgehead atoms. The van der Waals surface area contributed by atoms with Crippen molar-refractivity contribution in [3.8, 4) is 5.88 Å². The number of nitrogens with one attached hydrogen (secondary N) is 2. The molecule has 1 saturated carbocycles. The summed E-state index contributed by atoms with van der Waals surface area (Å²) in [5.74, 6) is -0.743. The Morgan fingerprint density at radius 1 is 1.34 bits per heavy atom. The van der Waals surface area contributed by atoms with Gasteiger partial charge < -0.3 is 14.8 Å². The van der Waals surface area contributed by atoms with E-state index < -0.39 is 17.6 Å². The van der Waals surface area contributed by atoms with Gasteiger partial charge in [0.05, 0.1) is 7.11 Å². The van der Waals surface area contributed by atoms with Crippen molar-refractivity contribution in [2.24, 2.45) is 4.99 Å². The number of esters is 1. The van der Waals surface area contributed by atoms with E-state index in [1.807, 2.05) is 30.5 Å². The fourth-order valence-electron chi connectivity index (χ4n) is 4.35. The van der Waals surface area contributed by atoms with Crippen LogP contribution < -0.4 is 5.56 Å². The Morgan fingerprint density at radius 3 is 2.84 bits per heavy atom. The molecule has 0 radical (unpaired) electrons. The van der Waals surface area contributed by atoms with Crippen LogP contribution in [0.2, 0.25) is 0 Å². The first kappa shape index (κ1) is 22.0. The number of aromatic hydroxyl groups is 1. The molecule has 1 unspecified atom stereocenters. The van der Waals surface area contributed by atoms with E-state index in [1.54, 1.807) is 4.57 Å². The van der Waals surface area contributed by atoms with Gasteiger partial charge in [0, 0.05) is 35.8 Å². The highest BCUT2D eigenvalue weighted by molar-refractivity contribution is 7.71. The molecule has 1 aliphatic rings. The molecule has 168 valence electrons. The number of hydrogen-bond donors (Lipinski definition) is 3. The van der Waals surface area contributed by atoms with Gasteiger partial charge in [0.15, 0.2) is 10.8 Å². The second kappa shape index (κ2) is 9.52. The summed E-state index contributed by atoms with van der Waals surface area (Å²) in [6.45, 7) is 0. The molecule has 0 spiro atoms. The lowest BCUT2D eigenvalue weighted by atomic mass is 9.95. The lowest BCUT2D eigenvalue weighted by Crippen LogP contribution is -2.25. The summed E-state index contributed by atoms with van der Waals surface area (Å²) < 4.78 is 6.72. The first-order valence-electron chi connectivity index (χ1n) is 10.7. The molecule has 1 atom stereocenters. The zero-order valence-corrected chi connectivity index (χ0v) is 18.7. The first-order valence-corrected chi connectivity index (χ1v) is 11.1. The highest BCUT2D eigenvalue weighted by atomic mass is 32.1. The van der Waals surface area contributed by atoms with Gasteiger partial charge in [-0.25, -0.2) is 4.79 Å². The van der Waals surface area contributed by atoms with Crippen LogP contribution in [0.25, 0.3) is 10.9 Å². The smallest absolute Gasteiger partial charge is 0.330 e. The zero-order valence-electron chi connectivity index (χ0n) is 17.8. The monoisotopic (exact) mass is 454 g/mol. The van der Waals surface area contributed by atoms with Gasteiger partial charge in [0.2, 0.25) is 5.88 Å². The lowest BCUT2D eigenvalue weighted by molar-refractivity contribution is -0.142. The van der Waals surface area contributed by atoms with Gasteiger partial charge in [-0.1, -0.05) is 37.5 Å². The molecule has 0 aliphatic heterocycles. The Kier molecular flexibility index (Phi) is 6.55. The molecule has 0 amide bonds. The van der Waals surface area contributed by atoms with Crippen LogP contribution >= 0.6 is 12.2 Å². The SMILES string of the molecule is COC(=O)C(Cc1c[nH]c2ccccc12)N=Cc1c(O)n(C2CCCCC2)c(=S)[nH]c1=O. The van der Waals surface area contributed by atoms with E-state index in [4.69, 9.17) is 17.0 Å². The Bertz CT molecular complexity index is 1270. The van der Waals surface area contributed by atoms with Gasteiger partial charge in [0.25, 0.3) is 5.56 Å². The number of rotatable bonds is 6. The Morgan fingerprint density at radius 2 is 2.09 bits per heavy atom. The van der Waals surface area contributed by atoms with Gasteiger partial charge >= 0.3 is 5.97 Å². The van der Waals surface area contributed by atoms with E-state index in [0.29, 0.717) is 0 Å². The normalized spacial score (nSPS) is 15.9. The number of para-hydroxylation sites is 1. The predicted molar refractivity (Wildman–Crippen MR) is 125 cm³/mol. The van der Waals surface area contributed by atoms with E-state index >= 15 is 0 Å². The molecule has 1 fully saturated rings. The minimum atomic E-state index is -0.871. The third-order valence-electron chi connectivity index (χ3n) is 6.04. The number of aliphatic imine (C=N–C) groups is 1. The number of nitrogens with zero attached hydrogens (tertiary/aromatic N) is 2. The molecule has 3 aromatic rings. The Balaban J connectivity index is 1.67. The maximum absolute atomic E-state index is 12.5. The summed E-state index contributed by atoms with van der Waals surface area (Å²) in [6.07, 6.45) is 8.38. The highest BCUT2D eigenvalue weighted by Crippen LogP contribution is 2.31. The molecule has 2 heterocycles. The average Bonchev–Trinajstić information content (AvgIpc) is 3.21. The minimum Gasteiger partial charge on any atom is -0.494 e. The number of H-pyrrole nitrogens is 2. The van der Waals surface area contributed by atoms with Crippen molar-refractivity contribution in [1.82, 2.24) is 14.5 Å². The van der Waals surface area contributed by atoms with Crippen molar-refractivity contribution < 1.29 is 14.6 Å². The van der Waals surface area contributed by atoms with Crippen molar-refractivity contribution in [2.45, 2.75) is 50.6 Å². The van der Waals surface area contributed by atoms with Crippen LogP contribution in [0.4, 0.5) is 0 Å². The third-order valence-corrected chi connectivity index (χ3v) is 6.34. The second-order valence-electron chi connectivity index (χ2n) is 8.04. The Labute approximate surface area is 190 Å². The van der Waals surface area contributed by atoms with E-state index in [-0.39, 0.29) is 28.7 Å². The molecule has 4 rings (SSSR count). The standard InChI is InChI=1S/C23H26N4O4S/c1-31-22(30)19(11-14-12-24-18-10-6-5-9-16(14)18)25-13-17-20(28)26-23(32)27(21(17)29)15-7-3-2-4-8-15/h5-6,9-10,12-13,15,19,24,29H,2-4,7-8,11H2,1H3,(H,26,28,32). The van der Waals surface area contributed by atoms with Gasteiger partial charge in [-0.3, -0.25) is 19.3 Å². The number of aromatic amines is 2. The van der Waals surface area contributed by atoms with Gasteiger partial charge in [-0.2, -0.15) is 0 Å². The second-order valence-corrected chi connectivity index (χ2v) is 8.43. The third kappa shape index (κ3) is 4.38. The highest BCUT2D eigenvalue weighted by Gasteiger charge is 2.23. The van der Waals surface area contributed by atoms with Gasteiger partial charge in [-0.15, -0.1) is 0 Å². The van der Waals surface area contributed by atoms with E-state index in [0.717, 1.165) is 48.6 Å². The van der Waals surface area contributed by atoms with E-state index in [2.05, 4.69) is 15.0 Å². The zero-order chi connectivity index (χ0) is 22.7. The fraction of sp³-hybridized carbons (Fsp3) is 0.391. The molecule has 8 nitrogen and oxygen atoms in total. The summed E-state index contributed by atoms with van der Waals surface area (Å²) in [5, 5.41) is 11.9. The largest absolute Gasteiger partial charge is 0.494 e. The number of hydrogen-bond acceptors (Lipinski definition) is 6. The average molecular weight is 455 g/mol. The van der Waals surface area contributed by atoms with Crippen molar-refractivity contribution in [3.63, 3.8) is 0 Å². The van der Waals surface area contributed by atoms with Crippen molar-refractivity contribution >= 4 is 35.3 Å². The van der Waals surface area contributed by atoms with Crippen LogP contribution in [-0.2, 0) is 16.0 Å². The number of benzene rings is 1. The van der Waals surface area contributed by atoms with Crippen LogP contribution in [0.1, 0.15) is 49.3 Å². The summed E-state index contributed by atoms with van der Waals surface area (Å²) in [5.41, 5.74) is 1.30. The lowest BCUT2D eigenvalue weighted by Gasteiger charge is -2.25. The van der Waals surface area contributed by atoms with Crippen molar-refractivity contribution in [2.75, 3.05) is 7.11 Å². The molecule has 3 N–H and O–H groups in total. The number of ether oxygens (including phenoxy) is 1. The topological polar surface area (TPSA) is 112 Å². The number of carbonyl (C=O) groups is 1. The summed E-state index contributed by atoms with van der Waals surface area (Å²) in [4.78, 5) is 35.1. The van der Waals surface area contributed by atoms with Crippen LogP contribution in [0.5, 0.6) is 5.88 Å². The first-order chi connectivity index (χ1) is 15.5. The summed E-state index contributed by atoms with van der Waals surface area (Å²) in [7, 11) is 1.30. The fourth-order valence-corrected chi connectivity index (χ4v) is 4.68. The maximum Gasteiger partial charge on any atom is 0.330 e. The van der Waals surface area contributed by atoms with E-state index in [9.17, 15) is 14.7 Å². The van der Waals surface area contributed by atoms with Gasteiger partial charge in [0.1, 0.15) is 5.56 Å². The molecule has 1 aliphatic carbocycles. The summed E-state index contributed by atoms with van der Waals surface area (Å²) in [6, 6.07) is 6.93. The molecule has 2 aromatic heterocycles. The maximum atomic E-state index is 12.5. The van der Waals surface area contributed by atoms with E-state index in [1.165, 1.54) is 13.3 Å².